The zero-order valence-corrected chi connectivity index (χ0v) is 11.9. The first-order valence-electron chi connectivity index (χ1n) is 6.98. The lowest BCUT2D eigenvalue weighted by Crippen LogP contribution is -2.44. The largest absolute Gasteiger partial charge is 0.480 e. The molecule has 114 valence electrons. The minimum atomic E-state index is -1.01. The highest BCUT2D eigenvalue weighted by Crippen LogP contribution is 2.26. The number of halogens is 1. The molecule has 0 bridgehead atoms. The number of carbonyl (C=O) groups is 2. The molecule has 1 fully saturated rings. The second-order valence-corrected chi connectivity index (χ2v) is 5.31. The Hall–Kier alpha value is -2.11. The van der Waals surface area contributed by atoms with Gasteiger partial charge in [0.25, 0.3) is 0 Å². The first kappa shape index (κ1) is 15.3. The Morgan fingerprint density at radius 1 is 1.43 bits per heavy atom. The van der Waals surface area contributed by atoms with E-state index < -0.39 is 5.97 Å². The fraction of sp³-hybridized carbons (Fsp3) is 0.467. The fourth-order valence-electron chi connectivity index (χ4n) is 2.24. The highest BCUT2D eigenvalue weighted by Gasteiger charge is 2.33. The summed E-state index contributed by atoms with van der Waals surface area (Å²) in [7, 11) is 0. The summed E-state index contributed by atoms with van der Waals surface area (Å²) in [6, 6.07) is 4.25. The number of nitrogens with zero attached hydrogens (tertiary/aromatic N) is 1. The number of benzene rings is 1. The van der Waals surface area contributed by atoms with Crippen LogP contribution in [0.4, 0.5) is 9.18 Å². The SMILES string of the molecule is Cc1cc(F)ccc1CCNC(=O)N(CC(=O)O)C1CC1. The first-order chi connectivity index (χ1) is 9.97. The summed E-state index contributed by atoms with van der Waals surface area (Å²) in [4.78, 5) is 24.1. The van der Waals surface area contributed by atoms with Crippen molar-refractivity contribution in [3.8, 4) is 0 Å². The zero-order valence-electron chi connectivity index (χ0n) is 11.9. The van der Waals surface area contributed by atoms with Gasteiger partial charge in [-0.2, -0.15) is 0 Å². The lowest BCUT2D eigenvalue weighted by molar-refractivity contribution is -0.137. The van der Waals surface area contributed by atoms with Gasteiger partial charge in [-0.25, -0.2) is 9.18 Å². The summed E-state index contributed by atoms with van der Waals surface area (Å²) < 4.78 is 13.0. The van der Waals surface area contributed by atoms with E-state index in [1.165, 1.54) is 17.0 Å². The molecule has 2 amide bonds. The van der Waals surface area contributed by atoms with Crippen LogP contribution in [-0.2, 0) is 11.2 Å². The van der Waals surface area contributed by atoms with E-state index in [-0.39, 0.29) is 24.4 Å². The van der Waals surface area contributed by atoms with Crippen LogP contribution >= 0.6 is 0 Å². The molecule has 5 nitrogen and oxygen atoms in total. The van der Waals surface area contributed by atoms with Gasteiger partial charge in [0, 0.05) is 12.6 Å². The van der Waals surface area contributed by atoms with Crippen molar-refractivity contribution in [1.82, 2.24) is 10.2 Å². The van der Waals surface area contributed by atoms with Gasteiger partial charge in [0.05, 0.1) is 0 Å². The maximum absolute atomic E-state index is 13.0. The average Bonchev–Trinajstić information content (AvgIpc) is 3.22. The van der Waals surface area contributed by atoms with E-state index in [2.05, 4.69) is 5.32 Å². The highest BCUT2D eigenvalue weighted by atomic mass is 19.1. The molecule has 1 aromatic rings. The number of nitrogens with one attached hydrogen (secondary N) is 1. The molecule has 1 aliphatic rings. The van der Waals surface area contributed by atoms with Crippen molar-refractivity contribution in [1.29, 1.82) is 0 Å². The molecule has 21 heavy (non-hydrogen) atoms. The number of carbonyl (C=O) groups excluding carboxylic acids is 1. The third kappa shape index (κ3) is 4.44. The van der Waals surface area contributed by atoms with Crippen molar-refractivity contribution in [3.63, 3.8) is 0 Å². The number of carboxylic acids is 1. The maximum atomic E-state index is 13.0. The molecule has 2 N–H and O–H groups in total. The van der Waals surface area contributed by atoms with Crippen LogP contribution < -0.4 is 5.32 Å². The first-order valence-corrected chi connectivity index (χ1v) is 6.98. The van der Waals surface area contributed by atoms with Crippen LogP contribution in [-0.4, -0.2) is 41.1 Å². The molecule has 1 aliphatic carbocycles. The number of rotatable bonds is 6. The van der Waals surface area contributed by atoms with Crippen LogP contribution in [0.25, 0.3) is 0 Å². The van der Waals surface area contributed by atoms with Gasteiger partial charge < -0.3 is 15.3 Å². The number of aryl methyl sites for hydroxylation is 1. The molecule has 1 saturated carbocycles. The normalized spacial score (nSPS) is 13.8. The van der Waals surface area contributed by atoms with Crippen molar-refractivity contribution in [2.24, 2.45) is 0 Å². The molecule has 0 aromatic heterocycles. The van der Waals surface area contributed by atoms with Gasteiger partial charge in [-0.15, -0.1) is 0 Å². The number of carboxylic acid groups (broad SMARTS) is 1. The molecule has 0 unspecified atom stereocenters. The van der Waals surface area contributed by atoms with Gasteiger partial charge in [-0.3, -0.25) is 4.79 Å². The van der Waals surface area contributed by atoms with Gasteiger partial charge in [0.15, 0.2) is 0 Å². The predicted molar refractivity (Wildman–Crippen MR) is 75.6 cm³/mol. The standard InChI is InChI=1S/C15H19FN2O3/c1-10-8-12(16)3-2-11(10)6-7-17-15(21)18(9-14(19)20)13-4-5-13/h2-3,8,13H,4-7,9H2,1H3,(H,17,21)(H,19,20). The fourth-order valence-corrected chi connectivity index (χ4v) is 2.24. The van der Waals surface area contributed by atoms with Crippen molar-refractivity contribution < 1.29 is 19.1 Å². The number of urea groups is 1. The van der Waals surface area contributed by atoms with Crippen LogP contribution in [0.5, 0.6) is 0 Å². The Bertz CT molecular complexity index is 544. The Balaban J connectivity index is 1.84. The third-order valence-electron chi connectivity index (χ3n) is 3.53. The highest BCUT2D eigenvalue weighted by molar-refractivity contribution is 5.80. The van der Waals surface area contributed by atoms with Crippen LogP contribution in [0.15, 0.2) is 18.2 Å². The minimum Gasteiger partial charge on any atom is -0.480 e. The Morgan fingerprint density at radius 2 is 2.14 bits per heavy atom. The molecule has 2 rings (SSSR count). The van der Waals surface area contributed by atoms with Crippen molar-refractivity contribution >= 4 is 12.0 Å². The number of hydrogen-bond acceptors (Lipinski definition) is 2. The van der Waals surface area contributed by atoms with Crippen molar-refractivity contribution in [3.05, 3.63) is 35.1 Å². The van der Waals surface area contributed by atoms with E-state index in [9.17, 15) is 14.0 Å². The molecular weight excluding hydrogens is 275 g/mol. The lowest BCUT2D eigenvalue weighted by Gasteiger charge is -2.20. The van der Waals surface area contributed by atoms with Gasteiger partial charge >= 0.3 is 12.0 Å². The molecule has 0 spiro atoms. The van der Waals surface area contributed by atoms with Crippen LogP contribution in [0.3, 0.4) is 0 Å². The molecule has 0 saturated heterocycles. The van der Waals surface area contributed by atoms with Gasteiger partial charge in [0.2, 0.25) is 0 Å². The molecule has 0 radical (unpaired) electrons. The average molecular weight is 294 g/mol. The summed E-state index contributed by atoms with van der Waals surface area (Å²) in [5, 5.41) is 11.5. The monoisotopic (exact) mass is 294 g/mol. The topological polar surface area (TPSA) is 69.6 Å². The predicted octanol–water partition coefficient (Wildman–Crippen LogP) is 1.94. The van der Waals surface area contributed by atoms with Gasteiger partial charge in [0.1, 0.15) is 12.4 Å². The van der Waals surface area contributed by atoms with E-state index in [0.29, 0.717) is 13.0 Å². The lowest BCUT2D eigenvalue weighted by atomic mass is 10.1. The molecule has 6 heteroatoms. The number of amides is 2. The smallest absolute Gasteiger partial charge is 0.323 e. The van der Waals surface area contributed by atoms with Crippen molar-refractivity contribution in [2.45, 2.75) is 32.2 Å². The van der Waals surface area contributed by atoms with E-state index in [0.717, 1.165) is 24.0 Å². The van der Waals surface area contributed by atoms with E-state index in [1.54, 1.807) is 6.07 Å². The maximum Gasteiger partial charge on any atom is 0.323 e. The summed E-state index contributed by atoms with van der Waals surface area (Å²) in [6.07, 6.45) is 2.30. The van der Waals surface area contributed by atoms with Crippen LogP contribution in [0.2, 0.25) is 0 Å². The Kier molecular flexibility index (Phi) is 4.77. The minimum absolute atomic E-state index is 0.0497. The van der Waals surface area contributed by atoms with Crippen molar-refractivity contribution in [2.75, 3.05) is 13.1 Å². The van der Waals surface area contributed by atoms with E-state index in [4.69, 9.17) is 5.11 Å². The number of hydrogen-bond donors (Lipinski definition) is 2. The molecular formula is C15H19FN2O3. The molecule has 0 aliphatic heterocycles. The van der Waals surface area contributed by atoms with Crippen LogP contribution in [0.1, 0.15) is 24.0 Å². The number of aliphatic carboxylic acids is 1. The van der Waals surface area contributed by atoms with E-state index >= 15 is 0 Å². The summed E-state index contributed by atoms with van der Waals surface area (Å²) in [6.45, 7) is 1.95. The van der Waals surface area contributed by atoms with Gasteiger partial charge in [-0.05, 0) is 49.4 Å². The van der Waals surface area contributed by atoms with Crippen LogP contribution in [0, 0.1) is 12.7 Å². The second-order valence-electron chi connectivity index (χ2n) is 5.31. The summed E-state index contributed by atoms with van der Waals surface area (Å²) in [5.41, 5.74) is 1.81. The summed E-state index contributed by atoms with van der Waals surface area (Å²) in [5.74, 6) is -1.28. The third-order valence-corrected chi connectivity index (χ3v) is 3.53. The second kappa shape index (κ2) is 6.56. The molecule has 0 atom stereocenters. The van der Waals surface area contributed by atoms with Gasteiger partial charge in [-0.1, -0.05) is 6.07 Å². The summed E-state index contributed by atoms with van der Waals surface area (Å²) >= 11 is 0. The Labute approximate surface area is 122 Å². The molecule has 0 heterocycles. The Morgan fingerprint density at radius 3 is 2.71 bits per heavy atom. The van der Waals surface area contributed by atoms with E-state index in [1.807, 2.05) is 6.92 Å². The zero-order chi connectivity index (χ0) is 15.4. The quantitative estimate of drug-likeness (QED) is 0.842. The molecule has 1 aromatic carbocycles.